The molecule has 0 saturated heterocycles. The zero-order valence-corrected chi connectivity index (χ0v) is 24.5. The minimum Gasteiger partial charge on any atom is -0.357 e. The minimum absolute atomic E-state index is 0.0951. The Morgan fingerprint density at radius 3 is 2.37 bits per heavy atom. The number of amides is 1. The largest absolute Gasteiger partial charge is 0.357 e. The number of nitrogens with zero attached hydrogens (tertiary/aromatic N) is 3. The van der Waals surface area contributed by atoms with Gasteiger partial charge in [-0.15, -0.1) is 0 Å². The first-order valence-corrected chi connectivity index (χ1v) is 14.5. The number of sulfonamides is 1. The van der Waals surface area contributed by atoms with Crippen LogP contribution in [0.15, 0.2) is 82.8 Å². The Labute approximate surface area is 235 Å². The van der Waals surface area contributed by atoms with E-state index in [1.807, 2.05) is 20.8 Å². The fourth-order valence-electron chi connectivity index (χ4n) is 4.08. The number of allylic oxidation sites excluding steroid dienone is 1. The van der Waals surface area contributed by atoms with Gasteiger partial charge >= 0.3 is 0 Å². The summed E-state index contributed by atoms with van der Waals surface area (Å²) in [5.74, 6) is 0.358. The first-order valence-electron chi connectivity index (χ1n) is 12.3. The Morgan fingerprint density at radius 1 is 1.11 bits per heavy atom. The smallest absolute Gasteiger partial charge is 0.251 e. The highest BCUT2D eigenvalue weighted by atomic mass is 35.5. The van der Waals surface area contributed by atoms with Crippen LogP contribution in [-0.2, 0) is 21.4 Å². The van der Waals surface area contributed by atoms with Gasteiger partial charge in [0, 0.05) is 25.8 Å². The van der Waals surface area contributed by atoms with E-state index < -0.39 is 21.6 Å². The lowest BCUT2D eigenvalue weighted by atomic mass is 9.95. The maximum absolute atomic E-state index is 13.6. The van der Waals surface area contributed by atoms with Crippen molar-refractivity contribution in [3.05, 3.63) is 88.6 Å². The van der Waals surface area contributed by atoms with Gasteiger partial charge < -0.3 is 10.2 Å². The van der Waals surface area contributed by atoms with Crippen molar-refractivity contribution in [1.29, 1.82) is 0 Å². The molecule has 1 aliphatic heterocycles. The lowest BCUT2D eigenvalue weighted by molar-refractivity contribution is -0.131. The minimum atomic E-state index is -3.83. The average molecular weight is 578 g/mol. The molecule has 0 fully saturated rings. The molecule has 3 rings (SSSR count). The zero-order chi connectivity index (χ0) is 28.3. The molecule has 7 nitrogen and oxygen atoms in total. The van der Waals surface area contributed by atoms with E-state index in [-0.39, 0.29) is 23.9 Å². The number of aliphatic imine (C=N–C) groups is 1. The molecule has 0 bridgehead atoms. The highest BCUT2D eigenvalue weighted by Crippen LogP contribution is 2.28. The molecule has 0 spiro atoms. The fourth-order valence-corrected chi connectivity index (χ4v) is 5.85. The van der Waals surface area contributed by atoms with Crippen LogP contribution in [0.4, 0.5) is 0 Å². The molecule has 204 valence electrons. The van der Waals surface area contributed by atoms with E-state index in [2.05, 4.69) is 18.5 Å². The Balaban J connectivity index is 1.80. The van der Waals surface area contributed by atoms with E-state index in [9.17, 15) is 13.2 Å². The zero-order valence-electron chi connectivity index (χ0n) is 22.2. The molecular formula is C28H34Cl2N4O3S. The SMILES string of the molecule is C=C(CCN(Cc1ccc(Cl)c(Cl)c1)S(=O)(=O)c1ccccc1)C1=NC(C)(C)[C@H](C(=O)N(C)C(=C)CC)N1. The molecule has 1 amide bonds. The number of likely N-dealkylation sites (N-methyl/N-ethyl adjacent to an activating group) is 1. The number of nitrogens with one attached hydrogen (secondary N) is 1. The molecule has 2 aromatic rings. The van der Waals surface area contributed by atoms with Gasteiger partial charge in [-0.05, 0) is 62.1 Å². The van der Waals surface area contributed by atoms with Crippen LogP contribution in [0, 0.1) is 0 Å². The van der Waals surface area contributed by atoms with Crippen LogP contribution in [0.3, 0.4) is 0 Å². The van der Waals surface area contributed by atoms with Crippen molar-refractivity contribution >= 4 is 45.0 Å². The number of hydrogen-bond acceptors (Lipinski definition) is 5. The van der Waals surface area contributed by atoms with Crippen molar-refractivity contribution in [2.75, 3.05) is 13.6 Å². The summed E-state index contributed by atoms with van der Waals surface area (Å²) in [7, 11) is -2.12. The van der Waals surface area contributed by atoms with Crippen LogP contribution < -0.4 is 5.32 Å². The summed E-state index contributed by atoms with van der Waals surface area (Å²) >= 11 is 12.2. The normalized spacial score (nSPS) is 16.6. The quantitative estimate of drug-likeness (QED) is 0.374. The molecule has 0 unspecified atom stereocenters. The summed E-state index contributed by atoms with van der Waals surface area (Å²) in [5, 5.41) is 3.96. The van der Waals surface area contributed by atoms with Crippen LogP contribution in [0.5, 0.6) is 0 Å². The number of hydrogen-bond donors (Lipinski definition) is 1. The predicted molar refractivity (Wildman–Crippen MR) is 155 cm³/mol. The van der Waals surface area contributed by atoms with Crippen molar-refractivity contribution in [3.8, 4) is 0 Å². The first kappa shape index (κ1) is 29.9. The summed E-state index contributed by atoms with van der Waals surface area (Å²) in [4.78, 5) is 19.6. The molecule has 1 heterocycles. The number of carbonyl (C=O) groups is 1. The lowest BCUT2D eigenvalue weighted by Gasteiger charge is -2.29. The Morgan fingerprint density at radius 2 is 1.76 bits per heavy atom. The van der Waals surface area contributed by atoms with Crippen molar-refractivity contribution in [2.45, 2.75) is 56.6 Å². The fraction of sp³-hybridized carbons (Fsp3) is 0.357. The monoisotopic (exact) mass is 576 g/mol. The molecular weight excluding hydrogens is 543 g/mol. The van der Waals surface area contributed by atoms with Crippen LogP contribution in [0.1, 0.15) is 39.2 Å². The third-order valence-electron chi connectivity index (χ3n) is 6.57. The second-order valence-electron chi connectivity index (χ2n) is 9.76. The van der Waals surface area contributed by atoms with Gasteiger partial charge in [0.2, 0.25) is 10.0 Å². The number of carbonyl (C=O) groups excluding carboxylic acids is 1. The van der Waals surface area contributed by atoms with Crippen molar-refractivity contribution in [2.24, 2.45) is 4.99 Å². The first-order chi connectivity index (χ1) is 17.8. The van der Waals surface area contributed by atoms with E-state index >= 15 is 0 Å². The number of amidine groups is 1. The molecule has 1 atom stereocenters. The summed E-state index contributed by atoms with van der Waals surface area (Å²) in [6.07, 6.45) is 0.952. The maximum atomic E-state index is 13.6. The van der Waals surface area contributed by atoms with Gasteiger partial charge in [-0.2, -0.15) is 4.31 Å². The summed E-state index contributed by atoms with van der Waals surface area (Å²) in [6, 6.07) is 12.7. The van der Waals surface area contributed by atoms with Gasteiger partial charge in [-0.3, -0.25) is 9.79 Å². The summed E-state index contributed by atoms with van der Waals surface area (Å²) in [6.45, 7) is 14.0. The second kappa shape index (κ2) is 12.0. The third kappa shape index (κ3) is 6.67. The molecule has 1 aliphatic rings. The van der Waals surface area contributed by atoms with Gasteiger partial charge in [0.1, 0.15) is 11.9 Å². The number of rotatable bonds is 11. The van der Waals surface area contributed by atoms with Crippen molar-refractivity contribution in [1.82, 2.24) is 14.5 Å². The van der Waals surface area contributed by atoms with E-state index in [4.69, 9.17) is 28.2 Å². The standard InChI is InChI=1S/C28H34Cl2N4O3S/c1-7-20(3)33(6)27(35)25-28(4,5)32-26(31-25)19(2)15-16-34(18-21-13-14-23(29)24(30)17-21)38(36,37)22-11-9-8-10-12-22/h8-14,17,25H,2-3,7,15-16,18H2,1,4-6H3,(H,31,32)/t25-/m0/s1. The van der Waals surface area contributed by atoms with Gasteiger partial charge in [-0.25, -0.2) is 8.42 Å². The lowest BCUT2D eigenvalue weighted by Crippen LogP contribution is -2.52. The second-order valence-corrected chi connectivity index (χ2v) is 12.5. The topological polar surface area (TPSA) is 82.1 Å². The van der Waals surface area contributed by atoms with Gasteiger partial charge in [-0.1, -0.05) is 67.5 Å². The Kier molecular flexibility index (Phi) is 9.47. The molecule has 1 N–H and O–H groups in total. The number of halogens is 2. The average Bonchev–Trinajstić information content (AvgIpc) is 3.22. The molecule has 0 aliphatic carbocycles. The third-order valence-corrected chi connectivity index (χ3v) is 9.17. The van der Waals surface area contributed by atoms with Gasteiger partial charge in [0.05, 0.1) is 20.5 Å². The van der Waals surface area contributed by atoms with Crippen molar-refractivity contribution < 1.29 is 13.2 Å². The molecule has 0 radical (unpaired) electrons. The summed E-state index contributed by atoms with van der Waals surface area (Å²) in [5.41, 5.74) is 1.30. The highest BCUT2D eigenvalue weighted by molar-refractivity contribution is 7.89. The predicted octanol–water partition coefficient (Wildman–Crippen LogP) is 5.66. The van der Waals surface area contributed by atoms with E-state index in [0.29, 0.717) is 45.6 Å². The molecule has 2 aromatic carbocycles. The van der Waals surface area contributed by atoms with Crippen LogP contribution in [0.25, 0.3) is 0 Å². The van der Waals surface area contributed by atoms with E-state index in [1.54, 1.807) is 60.5 Å². The molecule has 0 aromatic heterocycles. The Bertz CT molecular complexity index is 1360. The maximum Gasteiger partial charge on any atom is 0.251 e. The Hall–Kier alpha value is -2.65. The molecule has 10 heteroatoms. The van der Waals surface area contributed by atoms with Crippen LogP contribution in [0.2, 0.25) is 10.0 Å². The molecule has 0 saturated carbocycles. The van der Waals surface area contributed by atoms with E-state index in [0.717, 1.165) is 0 Å². The highest BCUT2D eigenvalue weighted by Gasteiger charge is 2.42. The number of benzene rings is 2. The van der Waals surface area contributed by atoms with E-state index in [1.165, 1.54) is 4.31 Å². The van der Waals surface area contributed by atoms with Crippen molar-refractivity contribution in [3.63, 3.8) is 0 Å². The summed E-state index contributed by atoms with van der Waals surface area (Å²) < 4.78 is 28.5. The van der Waals surface area contributed by atoms with Gasteiger partial charge in [0.15, 0.2) is 0 Å². The van der Waals surface area contributed by atoms with Gasteiger partial charge in [0.25, 0.3) is 5.91 Å². The molecule has 38 heavy (non-hydrogen) atoms. The van der Waals surface area contributed by atoms with Crippen LogP contribution >= 0.6 is 23.2 Å². The van der Waals surface area contributed by atoms with Crippen LogP contribution in [-0.4, -0.2) is 54.5 Å².